The van der Waals surface area contributed by atoms with Crippen LogP contribution in [0.5, 0.6) is 5.75 Å². The van der Waals surface area contributed by atoms with E-state index in [-0.39, 0.29) is 12.4 Å². The number of ether oxygens (including phenoxy) is 2. The number of benzene rings is 2. The highest BCUT2D eigenvalue weighted by Gasteiger charge is 2.18. The standard InChI is InChI=1S/C22H25NO3/c1-15-10-18(25-14-16-8-6-5-7-9-16)12-19-21(15)17(13-23-19)11-20(24)26-22(2,3)4/h5-10,12-13,23H,11,14H2,1-4H3. The predicted octanol–water partition coefficient (Wildman–Crippen LogP) is 4.94. The number of carbonyl (C=O) groups excluding carboxylic acids is 1. The van der Waals surface area contributed by atoms with Gasteiger partial charge in [-0.3, -0.25) is 4.79 Å². The third-order valence-corrected chi connectivity index (χ3v) is 4.04. The number of carbonyl (C=O) groups is 1. The lowest BCUT2D eigenvalue weighted by atomic mass is 10.0. The van der Waals surface area contributed by atoms with Crippen molar-refractivity contribution in [3.63, 3.8) is 0 Å². The van der Waals surface area contributed by atoms with Crippen LogP contribution in [-0.4, -0.2) is 16.6 Å². The summed E-state index contributed by atoms with van der Waals surface area (Å²) in [5.41, 5.74) is 3.64. The molecule has 26 heavy (non-hydrogen) atoms. The van der Waals surface area contributed by atoms with Crippen molar-refractivity contribution in [2.45, 2.75) is 46.3 Å². The molecule has 0 unspecified atom stereocenters. The van der Waals surface area contributed by atoms with Crippen molar-refractivity contribution in [1.29, 1.82) is 0 Å². The second kappa shape index (κ2) is 7.24. The molecule has 0 fully saturated rings. The van der Waals surface area contributed by atoms with Gasteiger partial charge in [-0.15, -0.1) is 0 Å². The topological polar surface area (TPSA) is 51.3 Å². The van der Waals surface area contributed by atoms with Crippen LogP contribution in [0.25, 0.3) is 10.9 Å². The number of esters is 1. The van der Waals surface area contributed by atoms with Gasteiger partial charge >= 0.3 is 5.97 Å². The van der Waals surface area contributed by atoms with Crippen LogP contribution in [0, 0.1) is 6.92 Å². The van der Waals surface area contributed by atoms with Crippen LogP contribution in [-0.2, 0) is 22.6 Å². The highest BCUT2D eigenvalue weighted by Crippen LogP contribution is 2.28. The van der Waals surface area contributed by atoms with Gasteiger partial charge in [0.05, 0.1) is 6.42 Å². The van der Waals surface area contributed by atoms with Crippen molar-refractivity contribution in [2.24, 2.45) is 0 Å². The molecule has 0 spiro atoms. The summed E-state index contributed by atoms with van der Waals surface area (Å²) in [7, 11) is 0. The van der Waals surface area contributed by atoms with Gasteiger partial charge in [-0.2, -0.15) is 0 Å². The zero-order valence-corrected chi connectivity index (χ0v) is 15.8. The first-order valence-electron chi connectivity index (χ1n) is 8.81. The summed E-state index contributed by atoms with van der Waals surface area (Å²) in [6, 6.07) is 14.1. The van der Waals surface area contributed by atoms with Crippen LogP contribution >= 0.6 is 0 Å². The van der Waals surface area contributed by atoms with Crippen molar-refractivity contribution in [2.75, 3.05) is 0 Å². The van der Waals surface area contributed by atoms with Gasteiger partial charge in [0.1, 0.15) is 18.0 Å². The molecule has 2 aromatic carbocycles. The minimum absolute atomic E-state index is 0.220. The molecular formula is C22H25NO3. The fourth-order valence-corrected chi connectivity index (χ4v) is 3.03. The molecule has 3 aromatic rings. The lowest BCUT2D eigenvalue weighted by Gasteiger charge is -2.19. The largest absolute Gasteiger partial charge is 0.489 e. The van der Waals surface area contributed by atoms with Crippen LogP contribution in [0.4, 0.5) is 0 Å². The summed E-state index contributed by atoms with van der Waals surface area (Å²) in [5.74, 6) is 0.590. The van der Waals surface area contributed by atoms with Crippen LogP contribution < -0.4 is 4.74 Å². The smallest absolute Gasteiger partial charge is 0.310 e. The Labute approximate surface area is 154 Å². The van der Waals surface area contributed by atoms with E-state index in [9.17, 15) is 4.79 Å². The Morgan fingerprint density at radius 2 is 1.85 bits per heavy atom. The molecule has 0 atom stereocenters. The van der Waals surface area contributed by atoms with Gasteiger partial charge in [-0.25, -0.2) is 0 Å². The summed E-state index contributed by atoms with van der Waals surface area (Å²) in [5, 5.41) is 1.06. The Morgan fingerprint density at radius 3 is 2.54 bits per heavy atom. The number of hydrogen-bond donors (Lipinski definition) is 1. The molecule has 4 nitrogen and oxygen atoms in total. The summed E-state index contributed by atoms with van der Waals surface area (Å²) in [6.45, 7) is 8.19. The van der Waals surface area contributed by atoms with Gasteiger partial charge < -0.3 is 14.5 Å². The number of aromatic amines is 1. The van der Waals surface area contributed by atoms with Crippen LogP contribution in [0.2, 0.25) is 0 Å². The predicted molar refractivity (Wildman–Crippen MR) is 103 cm³/mol. The van der Waals surface area contributed by atoms with E-state index < -0.39 is 5.60 Å². The highest BCUT2D eigenvalue weighted by molar-refractivity contribution is 5.90. The van der Waals surface area contributed by atoms with Gasteiger partial charge in [0, 0.05) is 23.2 Å². The van der Waals surface area contributed by atoms with Crippen molar-refractivity contribution in [3.8, 4) is 5.75 Å². The lowest BCUT2D eigenvalue weighted by molar-refractivity contribution is -0.153. The molecule has 1 heterocycles. The normalized spacial score (nSPS) is 11.5. The van der Waals surface area contributed by atoms with Gasteiger partial charge in [0.25, 0.3) is 0 Å². The Hall–Kier alpha value is -2.75. The second-order valence-corrected chi connectivity index (χ2v) is 7.51. The SMILES string of the molecule is Cc1cc(OCc2ccccc2)cc2[nH]cc(CC(=O)OC(C)(C)C)c12. The molecule has 3 rings (SSSR count). The van der Waals surface area contributed by atoms with E-state index in [0.717, 1.165) is 33.3 Å². The molecule has 0 aliphatic carbocycles. The molecule has 0 aliphatic heterocycles. The zero-order valence-electron chi connectivity index (χ0n) is 15.8. The Morgan fingerprint density at radius 1 is 1.12 bits per heavy atom. The van der Waals surface area contributed by atoms with Gasteiger partial charge in [-0.05, 0) is 50.5 Å². The van der Waals surface area contributed by atoms with E-state index in [2.05, 4.69) is 4.98 Å². The second-order valence-electron chi connectivity index (χ2n) is 7.51. The maximum atomic E-state index is 12.1. The van der Waals surface area contributed by atoms with Crippen molar-refractivity contribution < 1.29 is 14.3 Å². The Balaban J connectivity index is 1.77. The van der Waals surface area contributed by atoms with E-state index >= 15 is 0 Å². The molecule has 0 saturated carbocycles. The van der Waals surface area contributed by atoms with Crippen molar-refractivity contribution in [3.05, 3.63) is 65.4 Å². The molecule has 0 bridgehead atoms. The first-order valence-corrected chi connectivity index (χ1v) is 8.81. The molecule has 0 amide bonds. The van der Waals surface area contributed by atoms with E-state index in [4.69, 9.17) is 9.47 Å². The minimum Gasteiger partial charge on any atom is -0.489 e. The number of aryl methyl sites for hydroxylation is 1. The molecule has 136 valence electrons. The van der Waals surface area contributed by atoms with E-state index in [1.54, 1.807) is 0 Å². The third-order valence-electron chi connectivity index (χ3n) is 4.04. The minimum atomic E-state index is -0.476. The van der Waals surface area contributed by atoms with Crippen molar-refractivity contribution >= 4 is 16.9 Å². The maximum absolute atomic E-state index is 12.1. The van der Waals surface area contributed by atoms with Gasteiger partial charge in [0.15, 0.2) is 0 Å². The third kappa shape index (κ3) is 4.45. The summed E-state index contributed by atoms with van der Waals surface area (Å²) in [6.07, 6.45) is 2.13. The Bertz CT molecular complexity index is 904. The number of aromatic nitrogens is 1. The van der Waals surface area contributed by atoms with Crippen LogP contribution in [0.3, 0.4) is 0 Å². The molecule has 0 saturated heterocycles. The lowest BCUT2D eigenvalue weighted by Crippen LogP contribution is -2.24. The molecule has 4 heteroatoms. The monoisotopic (exact) mass is 351 g/mol. The van der Waals surface area contributed by atoms with E-state index in [0.29, 0.717) is 6.61 Å². The van der Waals surface area contributed by atoms with Gasteiger partial charge in [0.2, 0.25) is 0 Å². The maximum Gasteiger partial charge on any atom is 0.310 e. The average molecular weight is 351 g/mol. The summed E-state index contributed by atoms with van der Waals surface area (Å²) < 4.78 is 11.4. The quantitative estimate of drug-likeness (QED) is 0.663. The van der Waals surface area contributed by atoms with E-state index in [1.165, 1.54) is 0 Å². The fraction of sp³-hybridized carbons (Fsp3) is 0.318. The number of nitrogens with one attached hydrogen (secondary N) is 1. The van der Waals surface area contributed by atoms with Crippen LogP contribution in [0.1, 0.15) is 37.5 Å². The molecular weight excluding hydrogens is 326 g/mol. The number of rotatable bonds is 5. The van der Waals surface area contributed by atoms with E-state index in [1.807, 2.05) is 76.4 Å². The molecule has 1 aromatic heterocycles. The number of H-pyrrole nitrogens is 1. The highest BCUT2D eigenvalue weighted by atomic mass is 16.6. The fourth-order valence-electron chi connectivity index (χ4n) is 3.03. The molecule has 0 aliphatic rings. The summed E-state index contributed by atoms with van der Waals surface area (Å²) >= 11 is 0. The van der Waals surface area contributed by atoms with Crippen molar-refractivity contribution in [1.82, 2.24) is 4.98 Å². The van der Waals surface area contributed by atoms with Gasteiger partial charge in [-0.1, -0.05) is 30.3 Å². The zero-order chi connectivity index (χ0) is 18.7. The first kappa shape index (κ1) is 18.1. The molecule has 1 N–H and O–H groups in total. The Kier molecular flexibility index (Phi) is 5.03. The average Bonchev–Trinajstić information content (AvgIpc) is 2.95. The number of hydrogen-bond acceptors (Lipinski definition) is 3. The molecule has 0 radical (unpaired) electrons. The number of fused-ring (bicyclic) bond motifs is 1. The van der Waals surface area contributed by atoms with Crippen LogP contribution in [0.15, 0.2) is 48.7 Å². The first-order chi connectivity index (χ1) is 12.3. The summed E-state index contributed by atoms with van der Waals surface area (Å²) in [4.78, 5) is 15.4.